The number of ether oxygens (including phenoxy) is 1. The van der Waals surface area contributed by atoms with E-state index in [1.807, 2.05) is 0 Å². The third-order valence-electron chi connectivity index (χ3n) is 2.56. The molecule has 1 aliphatic carbocycles. The van der Waals surface area contributed by atoms with Gasteiger partial charge in [-0.2, -0.15) is 0 Å². The molecule has 0 heterocycles. The van der Waals surface area contributed by atoms with Gasteiger partial charge >= 0.3 is 6.03 Å². The largest absolute Gasteiger partial charge is 0.484 e. The zero-order valence-corrected chi connectivity index (χ0v) is 10.5. The van der Waals surface area contributed by atoms with Crippen LogP contribution in [0.2, 0.25) is 0 Å². The molecule has 0 aliphatic heterocycles. The fourth-order valence-corrected chi connectivity index (χ4v) is 1.45. The first kappa shape index (κ1) is 13.8. The average molecular weight is 279 g/mol. The van der Waals surface area contributed by atoms with Gasteiger partial charge in [-0.15, -0.1) is 0 Å². The Hall–Kier alpha value is -2.64. The number of nitro groups is 1. The smallest absolute Gasteiger partial charge is 0.321 e. The minimum absolute atomic E-state index is 0.130. The van der Waals surface area contributed by atoms with Crippen LogP contribution in [0.5, 0.6) is 5.75 Å². The summed E-state index contributed by atoms with van der Waals surface area (Å²) in [4.78, 5) is 32.7. The lowest BCUT2D eigenvalue weighted by Gasteiger charge is -2.07. The molecule has 1 fully saturated rings. The molecule has 0 radical (unpaired) electrons. The van der Waals surface area contributed by atoms with E-state index in [1.165, 1.54) is 24.3 Å². The molecule has 0 aromatic heterocycles. The molecule has 106 valence electrons. The highest BCUT2D eigenvalue weighted by atomic mass is 16.6. The van der Waals surface area contributed by atoms with E-state index in [-0.39, 0.29) is 24.1 Å². The van der Waals surface area contributed by atoms with Gasteiger partial charge in [0.2, 0.25) is 0 Å². The molecule has 0 atom stereocenters. The van der Waals surface area contributed by atoms with Crippen molar-refractivity contribution in [3.63, 3.8) is 0 Å². The zero-order valence-electron chi connectivity index (χ0n) is 10.5. The van der Waals surface area contributed by atoms with Crippen molar-refractivity contribution in [1.29, 1.82) is 0 Å². The molecule has 1 aliphatic rings. The molecule has 8 nitrogen and oxygen atoms in total. The Morgan fingerprint density at radius 1 is 1.40 bits per heavy atom. The van der Waals surface area contributed by atoms with Crippen LogP contribution in [0, 0.1) is 10.1 Å². The second-order valence-electron chi connectivity index (χ2n) is 4.34. The Labute approximate surface area is 114 Å². The van der Waals surface area contributed by atoms with Crippen molar-refractivity contribution in [2.45, 2.75) is 18.9 Å². The van der Waals surface area contributed by atoms with Crippen LogP contribution >= 0.6 is 0 Å². The maximum atomic E-state index is 11.4. The molecule has 8 heteroatoms. The predicted molar refractivity (Wildman–Crippen MR) is 68.3 cm³/mol. The highest BCUT2D eigenvalue weighted by Gasteiger charge is 2.23. The maximum Gasteiger partial charge on any atom is 0.321 e. The van der Waals surface area contributed by atoms with Gasteiger partial charge in [-0.05, 0) is 18.9 Å². The van der Waals surface area contributed by atoms with Crippen molar-refractivity contribution in [1.82, 2.24) is 10.6 Å². The van der Waals surface area contributed by atoms with Crippen LogP contribution in [0.4, 0.5) is 10.5 Å². The minimum Gasteiger partial charge on any atom is -0.484 e. The number of nitrogens with zero attached hydrogens (tertiary/aromatic N) is 1. The fourth-order valence-electron chi connectivity index (χ4n) is 1.45. The third kappa shape index (κ3) is 4.23. The summed E-state index contributed by atoms with van der Waals surface area (Å²) >= 11 is 0. The number of amides is 3. The first-order chi connectivity index (χ1) is 9.54. The first-order valence-electron chi connectivity index (χ1n) is 6.02. The van der Waals surface area contributed by atoms with E-state index in [1.54, 1.807) is 0 Å². The number of nitrogens with one attached hydrogen (secondary N) is 2. The average Bonchev–Trinajstić information content (AvgIpc) is 3.20. The minimum atomic E-state index is -0.616. The van der Waals surface area contributed by atoms with Gasteiger partial charge in [0.25, 0.3) is 11.6 Å². The Morgan fingerprint density at radius 2 is 2.15 bits per heavy atom. The summed E-state index contributed by atoms with van der Waals surface area (Å²) in [6.07, 6.45) is 1.84. The van der Waals surface area contributed by atoms with Crippen molar-refractivity contribution in [3.05, 3.63) is 34.4 Å². The molecule has 1 aromatic carbocycles. The van der Waals surface area contributed by atoms with Gasteiger partial charge in [-0.1, -0.05) is 6.07 Å². The second-order valence-corrected chi connectivity index (χ2v) is 4.34. The lowest BCUT2D eigenvalue weighted by Crippen LogP contribution is -2.42. The number of urea groups is 1. The van der Waals surface area contributed by atoms with Gasteiger partial charge in [0.1, 0.15) is 5.75 Å². The number of rotatable bonds is 5. The summed E-state index contributed by atoms with van der Waals surface area (Å²) in [5, 5.41) is 15.3. The molecular formula is C12H13N3O5. The van der Waals surface area contributed by atoms with Gasteiger partial charge in [0, 0.05) is 12.1 Å². The molecule has 20 heavy (non-hydrogen) atoms. The number of imide groups is 1. The predicted octanol–water partition coefficient (Wildman–Crippen LogP) is 0.962. The molecule has 0 saturated heterocycles. The Morgan fingerprint density at radius 3 is 2.80 bits per heavy atom. The van der Waals surface area contributed by atoms with Crippen LogP contribution in [0.15, 0.2) is 24.3 Å². The Balaban J connectivity index is 1.78. The van der Waals surface area contributed by atoms with Crippen molar-refractivity contribution >= 4 is 17.6 Å². The van der Waals surface area contributed by atoms with Crippen LogP contribution < -0.4 is 15.4 Å². The summed E-state index contributed by atoms with van der Waals surface area (Å²) in [7, 11) is 0. The van der Waals surface area contributed by atoms with Crippen LogP contribution in [-0.2, 0) is 4.79 Å². The van der Waals surface area contributed by atoms with Crippen LogP contribution in [0.25, 0.3) is 0 Å². The molecule has 2 N–H and O–H groups in total. The Bertz CT molecular complexity index is 542. The molecule has 0 spiro atoms. The third-order valence-corrected chi connectivity index (χ3v) is 2.56. The van der Waals surface area contributed by atoms with E-state index in [0.29, 0.717) is 0 Å². The molecular weight excluding hydrogens is 266 g/mol. The maximum absolute atomic E-state index is 11.4. The number of carbonyl (C=O) groups excluding carboxylic acids is 2. The first-order valence-corrected chi connectivity index (χ1v) is 6.02. The number of nitro benzene ring substituents is 1. The molecule has 3 amide bonds. The molecule has 1 saturated carbocycles. The van der Waals surface area contributed by atoms with Crippen LogP contribution in [-0.4, -0.2) is 29.5 Å². The summed E-state index contributed by atoms with van der Waals surface area (Å²) in [5.74, 6) is -0.424. The highest BCUT2D eigenvalue weighted by molar-refractivity contribution is 5.95. The van der Waals surface area contributed by atoms with Crippen LogP contribution in [0.1, 0.15) is 12.8 Å². The molecule has 0 bridgehead atoms. The zero-order chi connectivity index (χ0) is 14.5. The lowest BCUT2D eigenvalue weighted by molar-refractivity contribution is -0.384. The molecule has 0 unspecified atom stereocenters. The summed E-state index contributed by atoms with van der Waals surface area (Å²) in [6.45, 7) is -0.390. The quantitative estimate of drug-likeness (QED) is 0.616. The lowest BCUT2D eigenvalue weighted by atomic mass is 10.3. The highest BCUT2D eigenvalue weighted by Crippen LogP contribution is 2.19. The van der Waals surface area contributed by atoms with Crippen LogP contribution in [0.3, 0.4) is 0 Å². The van der Waals surface area contributed by atoms with E-state index < -0.39 is 16.9 Å². The summed E-state index contributed by atoms with van der Waals surface area (Å²) < 4.78 is 5.08. The van der Waals surface area contributed by atoms with Gasteiger partial charge in [0.15, 0.2) is 6.61 Å². The molecule has 2 rings (SSSR count). The van der Waals surface area contributed by atoms with Gasteiger partial charge in [-0.25, -0.2) is 4.79 Å². The number of hydrogen-bond donors (Lipinski definition) is 2. The summed E-state index contributed by atoms with van der Waals surface area (Å²) in [5.41, 5.74) is -0.130. The normalized spacial score (nSPS) is 13.4. The van der Waals surface area contributed by atoms with Crippen molar-refractivity contribution in [2.24, 2.45) is 0 Å². The monoisotopic (exact) mass is 279 g/mol. The Kier molecular flexibility index (Phi) is 4.14. The topological polar surface area (TPSA) is 111 Å². The van der Waals surface area contributed by atoms with E-state index in [4.69, 9.17) is 4.74 Å². The fraction of sp³-hybridized carbons (Fsp3) is 0.333. The van der Waals surface area contributed by atoms with E-state index in [2.05, 4.69) is 10.6 Å². The number of non-ortho nitro benzene ring substituents is 1. The van der Waals surface area contributed by atoms with Gasteiger partial charge in [-0.3, -0.25) is 20.2 Å². The molecule has 1 aromatic rings. The van der Waals surface area contributed by atoms with Gasteiger partial charge < -0.3 is 10.1 Å². The van der Waals surface area contributed by atoms with E-state index >= 15 is 0 Å². The standard InChI is InChI=1S/C12H13N3O5/c16-11(14-12(17)13-8-4-5-8)7-20-10-3-1-2-9(6-10)15(18)19/h1-3,6,8H,4-5,7H2,(H2,13,14,16,17). The van der Waals surface area contributed by atoms with Crippen molar-refractivity contribution < 1.29 is 19.2 Å². The van der Waals surface area contributed by atoms with E-state index in [9.17, 15) is 19.7 Å². The van der Waals surface area contributed by atoms with E-state index in [0.717, 1.165) is 12.8 Å². The van der Waals surface area contributed by atoms with Gasteiger partial charge in [0.05, 0.1) is 11.0 Å². The van der Waals surface area contributed by atoms with Crippen molar-refractivity contribution in [2.75, 3.05) is 6.61 Å². The SMILES string of the molecule is O=C(COc1cccc([N+](=O)[O-])c1)NC(=O)NC1CC1. The number of carbonyl (C=O) groups is 2. The number of benzene rings is 1. The number of hydrogen-bond acceptors (Lipinski definition) is 5. The van der Waals surface area contributed by atoms with Crippen molar-refractivity contribution in [3.8, 4) is 5.75 Å². The summed E-state index contributed by atoms with van der Waals surface area (Å²) in [6, 6.07) is 5.06. The second kappa shape index (κ2) is 6.00.